The van der Waals surface area contributed by atoms with Crippen molar-refractivity contribution in [1.82, 2.24) is 15.6 Å². The van der Waals surface area contributed by atoms with Crippen molar-refractivity contribution in [2.75, 3.05) is 19.3 Å². The maximum absolute atomic E-state index is 12.1. The van der Waals surface area contributed by atoms with E-state index in [1.807, 2.05) is 6.92 Å². The molecule has 1 aromatic heterocycles. The maximum atomic E-state index is 12.1. The predicted molar refractivity (Wildman–Crippen MR) is 125 cm³/mol. The number of nitrogens with one attached hydrogen (secondary N) is 2. The molecular formula is C22H32N4OS2. The van der Waals surface area contributed by atoms with Crippen LogP contribution >= 0.6 is 11.3 Å². The summed E-state index contributed by atoms with van der Waals surface area (Å²) in [5.74, 6) is 1.58. The Bertz CT molecular complexity index is 832. The molecule has 1 fully saturated rings. The second-order valence-corrected chi connectivity index (χ2v) is 10.4. The molecule has 1 heterocycles. The van der Waals surface area contributed by atoms with E-state index < -0.39 is 10.8 Å². The van der Waals surface area contributed by atoms with Crippen molar-refractivity contribution in [3.63, 3.8) is 0 Å². The molecule has 158 valence electrons. The first-order valence-corrected chi connectivity index (χ1v) is 12.7. The van der Waals surface area contributed by atoms with Crippen molar-refractivity contribution in [3.8, 4) is 10.6 Å². The van der Waals surface area contributed by atoms with Crippen LogP contribution in [0.2, 0.25) is 0 Å². The summed E-state index contributed by atoms with van der Waals surface area (Å²) in [7, 11) is 1.10. The van der Waals surface area contributed by atoms with E-state index in [-0.39, 0.29) is 0 Å². The highest BCUT2D eigenvalue weighted by molar-refractivity contribution is 7.85. The molecule has 3 unspecified atom stereocenters. The van der Waals surface area contributed by atoms with Crippen molar-refractivity contribution in [1.29, 1.82) is 0 Å². The monoisotopic (exact) mass is 432 g/mol. The van der Waals surface area contributed by atoms with Crippen molar-refractivity contribution in [2.45, 2.75) is 57.2 Å². The predicted octanol–water partition coefficient (Wildman–Crippen LogP) is 3.91. The van der Waals surface area contributed by atoms with Gasteiger partial charge in [-0.2, -0.15) is 0 Å². The Balaban J connectivity index is 1.46. The third-order valence-electron chi connectivity index (χ3n) is 5.37. The maximum Gasteiger partial charge on any atom is 0.191 e. The third kappa shape index (κ3) is 6.37. The molecule has 0 spiro atoms. The Morgan fingerprint density at radius 3 is 2.83 bits per heavy atom. The van der Waals surface area contributed by atoms with Gasteiger partial charge in [-0.25, -0.2) is 4.98 Å². The van der Waals surface area contributed by atoms with Gasteiger partial charge in [-0.1, -0.05) is 43.2 Å². The number of aryl methyl sites for hydroxylation is 1. The SMILES string of the molecule is CCS(=O)C1CCCC(NC(=NC)NCCc2csc(-c3ccc(C)cc3)n2)C1. The topological polar surface area (TPSA) is 66.4 Å². The lowest BCUT2D eigenvalue weighted by Gasteiger charge is -2.30. The fourth-order valence-electron chi connectivity index (χ4n) is 3.70. The zero-order valence-corrected chi connectivity index (χ0v) is 19.2. The van der Waals surface area contributed by atoms with E-state index in [4.69, 9.17) is 4.98 Å². The summed E-state index contributed by atoms with van der Waals surface area (Å²) >= 11 is 1.69. The fraction of sp³-hybridized carbons (Fsp3) is 0.545. The van der Waals surface area contributed by atoms with E-state index >= 15 is 0 Å². The summed E-state index contributed by atoms with van der Waals surface area (Å²) < 4.78 is 12.1. The number of nitrogens with zero attached hydrogens (tertiary/aromatic N) is 2. The number of thiazole rings is 1. The zero-order valence-electron chi connectivity index (χ0n) is 17.6. The standard InChI is InChI=1S/C22H32N4OS2/c1-4-29(27)20-7-5-6-18(14-20)26-22(23-3)24-13-12-19-15-28-21(25-19)17-10-8-16(2)9-11-17/h8-11,15,18,20H,4-7,12-14H2,1-3H3,(H2,23,24,26). The van der Waals surface area contributed by atoms with Gasteiger partial charge < -0.3 is 10.6 Å². The van der Waals surface area contributed by atoms with Gasteiger partial charge in [0.25, 0.3) is 0 Å². The number of hydrogen-bond acceptors (Lipinski definition) is 4. The first-order valence-electron chi connectivity index (χ1n) is 10.4. The summed E-state index contributed by atoms with van der Waals surface area (Å²) in [6.07, 6.45) is 5.15. The van der Waals surface area contributed by atoms with Crippen LogP contribution in [0.1, 0.15) is 43.9 Å². The van der Waals surface area contributed by atoms with Gasteiger partial charge in [0.1, 0.15) is 5.01 Å². The molecule has 0 aliphatic heterocycles. The number of aliphatic imine (C=N–C) groups is 1. The van der Waals surface area contributed by atoms with Gasteiger partial charge >= 0.3 is 0 Å². The summed E-state index contributed by atoms with van der Waals surface area (Å²) in [5, 5.41) is 10.5. The molecule has 0 radical (unpaired) electrons. The van der Waals surface area contributed by atoms with Crippen molar-refractivity contribution in [2.24, 2.45) is 4.99 Å². The molecule has 1 aliphatic rings. The number of guanidine groups is 1. The van der Waals surface area contributed by atoms with Gasteiger partial charge in [-0.3, -0.25) is 9.20 Å². The molecule has 5 nitrogen and oxygen atoms in total. The molecule has 0 bridgehead atoms. The smallest absolute Gasteiger partial charge is 0.191 e. The molecule has 2 aromatic rings. The van der Waals surface area contributed by atoms with Gasteiger partial charge in [0, 0.05) is 58.8 Å². The Labute approximate surface area is 180 Å². The largest absolute Gasteiger partial charge is 0.356 e. The minimum absolute atomic E-state index is 0.319. The van der Waals surface area contributed by atoms with Crippen LogP contribution in [0.15, 0.2) is 34.6 Å². The molecule has 1 saturated carbocycles. The van der Waals surface area contributed by atoms with E-state index in [1.165, 1.54) is 11.1 Å². The Hall–Kier alpha value is -1.73. The summed E-state index contributed by atoms with van der Waals surface area (Å²) in [6, 6.07) is 8.86. The van der Waals surface area contributed by atoms with Crippen LogP contribution in [0.25, 0.3) is 10.6 Å². The molecule has 0 amide bonds. The van der Waals surface area contributed by atoms with Crippen LogP contribution < -0.4 is 10.6 Å². The van der Waals surface area contributed by atoms with E-state index in [0.717, 1.165) is 61.1 Å². The third-order valence-corrected chi connectivity index (χ3v) is 8.05. The second kappa shape index (κ2) is 10.9. The Morgan fingerprint density at radius 2 is 2.10 bits per heavy atom. The second-order valence-electron chi connectivity index (χ2n) is 7.56. The highest BCUT2D eigenvalue weighted by atomic mass is 32.2. The minimum Gasteiger partial charge on any atom is -0.356 e. The molecule has 3 rings (SSSR count). The number of hydrogen-bond donors (Lipinski definition) is 2. The number of rotatable bonds is 7. The normalized spacial score (nSPS) is 21.0. The van der Waals surface area contributed by atoms with Crippen LogP contribution in [-0.4, -0.2) is 45.8 Å². The summed E-state index contributed by atoms with van der Waals surface area (Å²) in [6.45, 7) is 4.89. The first kappa shape index (κ1) is 22.0. The van der Waals surface area contributed by atoms with Crippen LogP contribution in [0.3, 0.4) is 0 Å². The van der Waals surface area contributed by atoms with Crippen molar-refractivity contribution in [3.05, 3.63) is 40.9 Å². The average Bonchev–Trinajstić information content (AvgIpc) is 3.22. The number of aromatic nitrogens is 1. The Morgan fingerprint density at radius 1 is 1.31 bits per heavy atom. The van der Waals surface area contributed by atoms with E-state index in [9.17, 15) is 4.21 Å². The van der Waals surface area contributed by atoms with Crippen LogP contribution in [-0.2, 0) is 17.2 Å². The Kier molecular flexibility index (Phi) is 8.24. The van der Waals surface area contributed by atoms with E-state index in [1.54, 1.807) is 18.4 Å². The van der Waals surface area contributed by atoms with Gasteiger partial charge in [-0.15, -0.1) is 11.3 Å². The lowest BCUT2D eigenvalue weighted by atomic mass is 9.95. The van der Waals surface area contributed by atoms with Crippen LogP contribution in [0, 0.1) is 6.92 Å². The molecule has 29 heavy (non-hydrogen) atoms. The fourth-order valence-corrected chi connectivity index (χ4v) is 5.91. The minimum atomic E-state index is -0.704. The van der Waals surface area contributed by atoms with Gasteiger partial charge in [0.05, 0.1) is 5.69 Å². The van der Waals surface area contributed by atoms with Crippen molar-refractivity contribution < 1.29 is 4.21 Å². The highest BCUT2D eigenvalue weighted by Gasteiger charge is 2.26. The van der Waals surface area contributed by atoms with Crippen LogP contribution in [0.4, 0.5) is 0 Å². The lowest BCUT2D eigenvalue weighted by Crippen LogP contribution is -2.47. The molecule has 1 aromatic carbocycles. The molecule has 0 saturated heterocycles. The summed E-state index contributed by atoms with van der Waals surface area (Å²) in [4.78, 5) is 9.14. The van der Waals surface area contributed by atoms with Crippen molar-refractivity contribution >= 4 is 28.1 Å². The molecule has 2 N–H and O–H groups in total. The van der Waals surface area contributed by atoms with Gasteiger partial charge in [-0.05, 0) is 26.2 Å². The molecule has 1 aliphatic carbocycles. The van der Waals surface area contributed by atoms with Gasteiger partial charge in [0.2, 0.25) is 0 Å². The molecule has 7 heteroatoms. The van der Waals surface area contributed by atoms with Crippen LogP contribution in [0.5, 0.6) is 0 Å². The lowest BCUT2D eigenvalue weighted by molar-refractivity contribution is 0.413. The summed E-state index contributed by atoms with van der Waals surface area (Å²) in [5.41, 5.74) is 3.54. The van der Waals surface area contributed by atoms with E-state index in [2.05, 4.69) is 52.2 Å². The number of benzene rings is 1. The molecule has 3 atom stereocenters. The van der Waals surface area contributed by atoms with Gasteiger partial charge in [0.15, 0.2) is 5.96 Å². The first-order chi connectivity index (χ1) is 14.1. The average molecular weight is 433 g/mol. The van der Waals surface area contributed by atoms with E-state index in [0.29, 0.717) is 11.3 Å². The highest BCUT2D eigenvalue weighted by Crippen LogP contribution is 2.24. The molecular weight excluding hydrogens is 400 g/mol. The quantitative estimate of drug-likeness (QED) is 0.514. The zero-order chi connectivity index (χ0) is 20.6.